The van der Waals surface area contributed by atoms with E-state index in [1.54, 1.807) is 12.1 Å². The predicted octanol–water partition coefficient (Wildman–Crippen LogP) is 4.98. The van der Waals surface area contributed by atoms with E-state index in [1.165, 1.54) is 0 Å². The monoisotopic (exact) mass is 622 g/mol. The van der Waals surface area contributed by atoms with Gasteiger partial charge in [-0.1, -0.05) is 71.6 Å². The maximum Gasteiger partial charge on any atom is 0.242 e. The van der Waals surface area contributed by atoms with Gasteiger partial charge in [-0.2, -0.15) is 0 Å². The molecular weight excluding hydrogens is 580 g/mol. The quantitative estimate of drug-likeness (QED) is 0.154. The summed E-state index contributed by atoms with van der Waals surface area (Å²) in [6.45, 7) is 0.583. The minimum Gasteiger partial charge on any atom is -0.387 e. The smallest absolute Gasteiger partial charge is 0.242 e. The van der Waals surface area contributed by atoms with Gasteiger partial charge < -0.3 is 22.1 Å². The second-order valence-electron chi connectivity index (χ2n) is 11.7. The van der Waals surface area contributed by atoms with Crippen molar-refractivity contribution in [3.8, 4) is 0 Å². The normalized spacial score (nSPS) is 20.9. The van der Waals surface area contributed by atoms with Crippen LogP contribution in [0.15, 0.2) is 53.0 Å². The van der Waals surface area contributed by atoms with Crippen LogP contribution in [0.5, 0.6) is 0 Å². The zero-order chi connectivity index (χ0) is 29.4. The fraction of sp³-hybridized carbons (Fsp3) is 0.500. The van der Waals surface area contributed by atoms with Gasteiger partial charge >= 0.3 is 0 Å². The van der Waals surface area contributed by atoms with Gasteiger partial charge in [-0.15, -0.1) is 0 Å². The number of hydrogen-bond acceptors (Lipinski definition) is 4. The Morgan fingerprint density at radius 1 is 0.902 bits per heavy atom. The summed E-state index contributed by atoms with van der Waals surface area (Å²) in [5.41, 5.74) is 13.8. The fourth-order valence-corrected chi connectivity index (χ4v) is 6.71. The number of rotatable bonds is 11. The first-order valence-corrected chi connectivity index (χ1v) is 15.6. The fourth-order valence-electron chi connectivity index (χ4n) is 6.29. The second kappa shape index (κ2) is 14.6. The molecule has 2 aromatic rings. The molecule has 2 saturated carbocycles. The van der Waals surface area contributed by atoms with Crippen molar-refractivity contribution in [2.24, 2.45) is 29.2 Å². The standard InChI is InChI=1S/C32H43BrN6O2/c33-26-8-4-7-25(18-26)27(17-20-9-13-23(14-10-20)29(34)35)31(40)39-28(22-5-2-1-3-6-22)32(41)38-19-21-11-15-24(16-12-21)30(36)37/h4,7-10,13-14,18,21-22,24,27-28H,1-3,5-6,11-12,15-17,19H2,(H3,34,35)(H3,36,37)(H,38,41)(H,39,40)/t21?,24?,27?,28-/m0/s1. The lowest BCUT2D eigenvalue weighted by Crippen LogP contribution is -2.53. The molecular formula is C32H43BrN6O2. The van der Waals surface area contributed by atoms with Gasteiger partial charge in [0.1, 0.15) is 11.9 Å². The molecule has 2 atom stereocenters. The van der Waals surface area contributed by atoms with E-state index in [2.05, 4.69) is 26.6 Å². The van der Waals surface area contributed by atoms with Crippen LogP contribution in [-0.4, -0.2) is 36.1 Å². The molecule has 8 N–H and O–H groups in total. The van der Waals surface area contributed by atoms with Crippen LogP contribution in [0.3, 0.4) is 0 Å². The summed E-state index contributed by atoms with van der Waals surface area (Å²) in [7, 11) is 0. The summed E-state index contributed by atoms with van der Waals surface area (Å²) in [6, 6.07) is 14.6. The van der Waals surface area contributed by atoms with Gasteiger partial charge in [0.25, 0.3) is 0 Å². The summed E-state index contributed by atoms with van der Waals surface area (Å²) >= 11 is 3.54. The average Bonchev–Trinajstić information content (AvgIpc) is 2.98. The number of carbonyl (C=O) groups excluding carboxylic acids is 2. The topological polar surface area (TPSA) is 158 Å². The highest BCUT2D eigenvalue weighted by atomic mass is 79.9. The van der Waals surface area contributed by atoms with Crippen LogP contribution in [0.25, 0.3) is 0 Å². The van der Waals surface area contributed by atoms with E-state index in [0.29, 0.717) is 24.4 Å². The summed E-state index contributed by atoms with van der Waals surface area (Å²) in [4.78, 5) is 27.7. The lowest BCUT2D eigenvalue weighted by atomic mass is 9.81. The SMILES string of the molecule is N=C(N)c1ccc(CC(C(=O)N[C@H](C(=O)NCC2CCC(C(=N)N)CC2)C2CCCCC2)c2cccc(Br)c2)cc1. The molecule has 41 heavy (non-hydrogen) atoms. The number of hydrogen-bond donors (Lipinski definition) is 6. The summed E-state index contributed by atoms with van der Waals surface area (Å²) in [5, 5.41) is 21.8. The van der Waals surface area contributed by atoms with Crippen LogP contribution in [0.1, 0.15) is 80.4 Å². The number of amidine groups is 2. The molecule has 0 saturated heterocycles. The molecule has 4 rings (SSSR count). The molecule has 9 heteroatoms. The lowest BCUT2D eigenvalue weighted by Gasteiger charge is -2.32. The lowest BCUT2D eigenvalue weighted by molar-refractivity contribution is -0.131. The predicted molar refractivity (Wildman–Crippen MR) is 167 cm³/mol. The number of nitrogens with one attached hydrogen (secondary N) is 4. The molecule has 0 heterocycles. The molecule has 2 aliphatic carbocycles. The van der Waals surface area contributed by atoms with Gasteiger partial charge in [0.15, 0.2) is 0 Å². The molecule has 0 bridgehead atoms. The van der Waals surface area contributed by atoms with Crippen molar-refractivity contribution < 1.29 is 9.59 Å². The van der Waals surface area contributed by atoms with Crippen LogP contribution in [0.4, 0.5) is 0 Å². The maximum atomic E-state index is 14.0. The van der Waals surface area contributed by atoms with Crippen molar-refractivity contribution >= 4 is 39.4 Å². The summed E-state index contributed by atoms with van der Waals surface area (Å²) in [5.74, 6) is 0.155. The first kappa shape index (κ1) is 30.8. The Morgan fingerprint density at radius 2 is 1.59 bits per heavy atom. The number of halogens is 1. The molecule has 0 aliphatic heterocycles. The number of nitrogen functional groups attached to an aromatic ring is 1. The van der Waals surface area contributed by atoms with Gasteiger partial charge in [-0.05, 0) is 80.0 Å². The Hall–Kier alpha value is -3.20. The van der Waals surface area contributed by atoms with Crippen molar-refractivity contribution in [2.45, 2.75) is 76.2 Å². The summed E-state index contributed by atoms with van der Waals surface area (Å²) < 4.78 is 0.890. The first-order valence-electron chi connectivity index (χ1n) is 14.8. The number of benzene rings is 2. The highest BCUT2D eigenvalue weighted by Crippen LogP contribution is 2.30. The molecule has 0 radical (unpaired) electrons. The maximum absolute atomic E-state index is 14.0. The molecule has 2 aliphatic rings. The van der Waals surface area contributed by atoms with E-state index < -0.39 is 12.0 Å². The van der Waals surface area contributed by atoms with Crippen LogP contribution >= 0.6 is 15.9 Å². The summed E-state index contributed by atoms with van der Waals surface area (Å²) in [6.07, 6.45) is 9.27. The largest absolute Gasteiger partial charge is 0.387 e. The first-order chi connectivity index (χ1) is 19.7. The third-order valence-electron chi connectivity index (χ3n) is 8.83. The Labute approximate surface area is 251 Å². The third kappa shape index (κ3) is 8.64. The molecule has 220 valence electrons. The van der Waals surface area contributed by atoms with Crippen molar-refractivity contribution in [1.82, 2.24) is 10.6 Å². The van der Waals surface area contributed by atoms with Crippen molar-refractivity contribution in [2.75, 3.05) is 6.54 Å². The average molecular weight is 624 g/mol. The van der Waals surface area contributed by atoms with Gasteiger partial charge in [-0.25, -0.2) is 0 Å². The molecule has 2 aromatic carbocycles. The molecule has 2 fully saturated rings. The van der Waals surface area contributed by atoms with Crippen molar-refractivity contribution in [3.63, 3.8) is 0 Å². The van der Waals surface area contributed by atoms with E-state index in [1.807, 2.05) is 36.4 Å². The van der Waals surface area contributed by atoms with E-state index in [0.717, 1.165) is 73.4 Å². The van der Waals surface area contributed by atoms with Crippen molar-refractivity contribution in [1.29, 1.82) is 10.8 Å². The van der Waals surface area contributed by atoms with E-state index in [4.69, 9.17) is 22.3 Å². The Morgan fingerprint density at radius 3 is 2.20 bits per heavy atom. The van der Waals surface area contributed by atoms with Gasteiger partial charge in [-0.3, -0.25) is 20.4 Å². The third-order valence-corrected chi connectivity index (χ3v) is 9.32. The van der Waals surface area contributed by atoms with Crippen LogP contribution in [0.2, 0.25) is 0 Å². The highest BCUT2D eigenvalue weighted by molar-refractivity contribution is 9.10. The zero-order valence-electron chi connectivity index (χ0n) is 23.6. The van der Waals surface area contributed by atoms with E-state index >= 15 is 0 Å². The Kier molecular flexibility index (Phi) is 11.0. The highest BCUT2D eigenvalue weighted by Gasteiger charge is 2.34. The van der Waals surface area contributed by atoms with Crippen molar-refractivity contribution in [3.05, 3.63) is 69.7 Å². The van der Waals surface area contributed by atoms with Crippen LogP contribution < -0.4 is 22.1 Å². The van der Waals surface area contributed by atoms with Gasteiger partial charge in [0, 0.05) is 22.5 Å². The zero-order valence-corrected chi connectivity index (χ0v) is 25.2. The van der Waals surface area contributed by atoms with Gasteiger partial charge in [0.2, 0.25) is 11.8 Å². The van der Waals surface area contributed by atoms with Gasteiger partial charge in [0.05, 0.1) is 11.8 Å². The number of carbonyl (C=O) groups is 2. The molecule has 1 unspecified atom stereocenters. The molecule has 8 nitrogen and oxygen atoms in total. The Balaban J connectivity index is 1.49. The Bertz CT molecular complexity index is 1220. The van der Waals surface area contributed by atoms with Crippen LogP contribution in [0, 0.1) is 28.6 Å². The minimum absolute atomic E-state index is 0.00562. The minimum atomic E-state index is -0.578. The second-order valence-corrected chi connectivity index (χ2v) is 12.6. The molecule has 0 aromatic heterocycles. The molecule has 2 amide bonds. The number of amides is 2. The number of nitrogens with two attached hydrogens (primary N) is 2. The van der Waals surface area contributed by atoms with E-state index in [-0.39, 0.29) is 35.3 Å². The molecule has 0 spiro atoms. The van der Waals surface area contributed by atoms with E-state index in [9.17, 15) is 9.59 Å². The van der Waals surface area contributed by atoms with Crippen LogP contribution in [-0.2, 0) is 16.0 Å².